The zero-order chi connectivity index (χ0) is 17.3. The van der Waals surface area contributed by atoms with Crippen molar-refractivity contribution in [1.29, 1.82) is 0 Å². The summed E-state index contributed by atoms with van der Waals surface area (Å²) in [6, 6.07) is 0. The minimum atomic E-state index is -0.302. The van der Waals surface area contributed by atoms with E-state index in [4.69, 9.17) is 0 Å². The summed E-state index contributed by atoms with van der Waals surface area (Å²) in [5.41, 5.74) is 4.57. The summed E-state index contributed by atoms with van der Waals surface area (Å²) in [4.78, 5) is 0. The molecule has 1 saturated heterocycles. The average molecular weight is 318 g/mol. The van der Waals surface area contributed by atoms with Crippen LogP contribution in [0, 0.1) is 16.7 Å². The van der Waals surface area contributed by atoms with Crippen molar-refractivity contribution in [3.8, 4) is 0 Å². The first-order valence-electron chi connectivity index (χ1n) is 9.20. The molecule has 0 spiro atoms. The maximum Gasteiger partial charge on any atom is 0.0729 e. The fourth-order valence-corrected chi connectivity index (χ4v) is 3.66. The van der Waals surface area contributed by atoms with Gasteiger partial charge in [0, 0.05) is 12.2 Å². The van der Waals surface area contributed by atoms with Crippen molar-refractivity contribution in [2.24, 2.45) is 16.7 Å². The molecule has 23 heavy (non-hydrogen) atoms. The smallest absolute Gasteiger partial charge is 0.0729 e. The van der Waals surface area contributed by atoms with Gasteiger partial charge in [-0.05, 0) is 59.7 Å². The van der Waals surface area contributed by atoms with E-state index in [1.807, 2.05) is 0 Å². The highest BCUT2D eigenvalue weighted by Crippen LogP contribution is 2.45. The molecule has 0 saturated carbocycles. The topological polar surface area (TPSA) is 32.3 Å². The molecule has 2 atom stereocenters. The van der Waals surface area contributed by atoms with Gasteiger partial charge in [0.15, 0.2) is 0 Å². The number of aliphatic hydroxyl groups excluding tert-OH is 1. The van der Waals surface area contributed by atoms with Gasteiger partial charge in [-0.25, -0.2) is 0 Å². The van der Waals surface area contributed by atoms with Gasteiger partial charge in [0.25, 0.3) is 0 Å². The van der Waals surface area contributed by atoms with Gasteiger partial charge in [0.1, 0.15) is 0 Å². The van der Waals surface area contributed by atoms with Crippen molar-refractivity contribution in [2.45, 2.75) is 73.3 Å². The van der Waals surface area contributed by atoms with Crippen LogP contribution in [0.5, 0.6) is 0 Å². The highest BCUT2D eigenvalue weighted by Gasteiger charge is 2.36. The van der Waals surface area contributed by atoms with E-state index in [9.17, 15) is 5.11 Å². The van der Waals surface area contributed by atoms with E-state index in [2.05, 4.69) is 65.1 Å². The van der Waals surface area contributed by atoms with Crippen molar-refractivity contribution in [1.82, 2.24) is 5.32 Å². The molecular weight excluding hydrogens is 282 g/mol. The molecule has 0 aromatic carbocycles. The van der Waals surface area contributed by atoms with Gasteiger partial charge >= 0.3 is 0 Å². The highest BCUT2D eigenvalue weighted by molar-refractivity contribution is 5.41. The summed E-state index contributed by atoms with van der Waals surface area (Å²) in [7, 11) is 0. The van der Waals surface area contributed by atoms with E-state index in [0.29, 0.717) is 11.3 Å². The Morgan fingerprint density at radius 2 is 2.04 bits per heavy atom. The molecule has 1 aliphatic heterocycles. The van der Waals surface area contributed by atoms with Crippen molar-refractivity contribution < 1.29 is 5.11 Å². The van der Waals surface area contributed by atoms with Crippen LogP contribution < -0.4 is 5.32 Å². The lowest BCUT2D eigenvalue weighted by Gasteiger charge is -2.40. The standard InChI is InChI=1S/C21H35NO/c1-7-16(8-9-17-10-11-20(3,4)14-22-17)19-13-18(23)12-15(2)21(19,5)6/h8-9,13,15,18,22-23H,7,10-12,14H2,1-6H3/b16-8+,17-9-. The first kappa shape index (κ1) is 18.3. The molecule has 2 rings (SSSR count). The van der Waals surface area contributed by atoms with Gasteiger partial charge < -0.3 is 10.4 Å². The zero-order valence-corrected chi connectivity index (χ0v) is 15.9. The summed E-state index contributed by atoms with van der Waals surface area (Å²) in [5, 5.41) is 13.7. The molecule has 1 fully saturated rings. The van der Waals surface area contributed by atoms with Crippen LogP contribution in [0.4, 0.5) is 0 Å². The number of nitrogens with one attached hydrogen (secondary N) is 1. The predicted octanol–water partition coefficient (Wildman–Crippen LogP) is 4.97. The van der Waals surface area contributed by atoms with Gasteiger partial charge in [-0.3, -0.25) is 0 Å². The second-order valence-electron chi connectivity index (χ2n) is 8.76. The fourth-order valence-electron chi connectivity index (χ4n) is 3.66. The first-order valence-corrected chi connectivity index (χ1v) is 9.20. The molecule has 2 N–H and O–H groups in total. The van der Waals surface area contributed by atoms with Crippen LogP contribution in [-0.2, 0) is 0 Å². The Bertz CT molecular complexity index is 510. The van der Waals surface area contributed by atoms with E-state index >= 15 is 0 Å². The van der Waals surface area contributed by atoms with Crippen LogP contribution in [0.25, 0.3) is 0 Å². The minimum absolute atomic E-state index is 0.127. The van der Waals surface area contributed by atoms with Crippen LogP contribution in [0.3, 0.4) is 0 Å². The Kier molecular flexibility index (Phi) is 5.45. The molecule has 130 valence electrons. The number of piperidine rings is 1. The summed E-state index contributed by atoms with van der Waals surface area (Å²) >= 11 is 0. The molecule has 2 nitrogen and oxygen atoms in total. The molecule has 0 amide bonds. The summed E-state index contributed by atoms with van der Waals surface area (Å²) in [6.07, 6.45) is 10.6. The lowest BCUT2D eigenvalue weighted by molar-refractivity contribution is 0.131. The molecule has 2 unspecified atom stereocenters. The molecule has 0 radical (unpaired) electrons. The average Bonchev–Trinajstić information content (AvgIpc) is 2.46. The number of hydrogen-bond acceptors (Lipinski definition) is 2. The number of rotatable bonds is 3. The molecular formula is C21H35NO. The lowest BCUT2D eigenvalue weighted by Crippen LogP contribution is -2.34. The van der Waals surface area contributed by atoms with Gasteiger partial charge in [-0.15, -0.1) is 0 Å². The Labute approximate surface area is 142 Å². The maximum absolute atomic E-state index is 10.2. The third-order valence-electron chi connectivity index (χ3n) is 5.96. The van der Waals surface area contributed by atoms with Gasteiger partial charge in [-0.1, -0.05) is 53.7 Å². The lowest BCUT2D eigenvalue weighted by atomic mass is 9.65. The van der Waals surface area contributed by atoms with E-state index in [-0.39, 0.29) is 11.5 Å². The normalized spacial score (nSPS) is 32.4. The first-order chi connectivity index (χ1) is 10.7. The van der Waals surface area contributed by atoms with Crippen molar-refractivity contribution in [3.05, 3.63) is 35.1 Å². The van der Waals surface area contributed by atoms with E-state index in [1.54, 1.807) is 0 Å². The minimum Gasteiger partial charge on any atom is -0.389 e. The zero-order valence-electron chi connectivity index (χ0n) is 15.9. The third-order valence-corrected chi connectivity index (χ3v) is 5.96. The van der Waals surface area contributed by atoms with Gasteiger partial charge in [0.05, 0.1) is 6.10 Å². The Balaban J connectivity index is 2.22. The summed E-state index contributed by atoms with van der Waals surface area (Å²) in [6.45, 7) is 14.8. The SMILES string of the molecule is CC/C(=C\C=C1\CCC(C)(C)CN1)C1=CC(O)CC(C)C1(C)C. The van der Waals surface area contributed by atoms with Crippen molar-refractivity contribution in [2.75, 3.05) is 6.54 Å². The Hall–Kier alpha value is -1.02. The second kappa shape index (κ2) is 6.84. The molecule has 2 heteroatoms. The molecule has 1 heterocycles. The van der Waals surface area contributed by atoms with E-state index < -0.39 is 0 Å². The maximum atomic E-state index is 10.2. The van der Waals surface area contributed by atoms with Crippen LogP contribution in [0.1, 0.15) is 67.2 Å². The van der Waals surface area contributed by atoms with Crippen molar-refractivity contribution >= 4 is 0 Å². The molecule has 0 bridgehead atoms. The number of hydrogen-bond donors (Lipinski definition) is 2. The fraction of sp³-hybridized carbons (Fsp3) is 0.714. The predicted molar refractivity (Wildman–Crippen MR) is 99.1 cm³/mol. The number of aliphatic hydroxyl groups is 1. The number of allylic oxidation sites excluding steroid dienone is 5. The second-order valence-corrected chi connectivity index (χ2v) is 8.76. The van der Waals surface area contributed by atoms with Crippen LogP contribution in [0.15, 0.2) is 35.1 Å². The van der Waals surface area contributed by atoms with Crippen LogP contribution in [-0.4, -0.2) is 17.8 Å². The van der Waals surface area contributed by atoms with Gasteiger partial charge in [-0.2, -0.15) is 0 Å². The van der Waals surface area contributed by atoms with E-state index in [1.165, 1.54) is 23.3 Å². The Morgan fingerprint density at radius 1 is 1.35 bits per heavy atom. The largest absolute Gasteiger partial charge is 0.389 e. The quantitative estimate of drug-likeness (QED) is 0.770. The van der Waals surface area contributed by atoms with Crippen molar-refractivity contribution in [3.63, 3.8) is 0 Å². The molecule has 0 aromatic rings. The van der Waals surface area contributed by atoms with E-state index in [0.717, 1.165) is 25.8 Å². The monoisotopic (exact) mass is 317 g/mol. The molecule has 1 aliphatic carbocycles. The van der Waals surface area contributed by atoms with Crippen LogP contribution >= 0.6 is 0 Å². The summed E-state index contributed by atoms with van der Waals surface area (Å²) in [5.74, 6) is 0.494. The highest BCUT2D eigenvalue weighted by atomic mass is 16.3. The van der Waals surface area contributed by atoms with Crippen LogP contribution in [0.2, 0.25) is 0 Å². The molecule has 2 aliphatic rings. The third kappa shape index (κ3) is 4.29. The van der Waals surface area contributed by atoms with Gasteiger partial charge in [0.2, 0.25) is 0 Å². The summed E-state index contributed by atoms with van der Waals surface area (Å²) < 4.78 is 0. The molecule has 0 aromatic heterocycles. The Morgan fingerprint density at radius 3 is 2.61 bits per heavy atom.